The molecular weight excluding hydrogens is 268 g/mol. The molecule has 2 N–H and O–H groups in total. The lowest BCUT2D eigenvalue weighted by Crippen LogP contribution is -2.48. The van der Waals surface area contributed by atoms with Crippen molar-refractivity contribution in [3.05, 3.63) is 35.2 Å². The lowest BCUT2D eigenvalue weighted by Gasteiger charge is -2.30. The number of nitrogens with zero attached hydrogens (tertiary/aromatic N) is 1. The van der Waals surface area contributed by atoms with Crippen LogP contribution < -0.4 is 5.73 Å². The monoisotopic (exact) mass is 290 g/mol. The van der Waals surface area contributed by atoms with E-state index in [9.17, 15) is 4.79 Å². The van der Waals surface area contributed by atoms with Gasteiger partial charge >= 0.3 is 0 Å². The molecule has 0 aliphatic rings. The van der Waals surface area contributed by atoms with Crippen LogP contribution in [0.25, 0.3) is 10.1 Å². The summed E-state index contributed by atoms with van der Waals surface area (Å²) >= 11 is 1.71. The molecule has 1 atom stereocenters. The Bertz CT molecular complexity index is 612. The summed E-state index contributed by atoms with van der Waals surface area (Å²) in [5.74, 6) is -0.00668. The zero-order valence-corrected chi connectivity index (χ0v) is 13.3. The third-order valence-corrected chi connectivity index (χ3v) is 4.56. The van der Waals surface area contributed by atoms with E-state index in [1.807, 2.05) is 40.0 Å². The zero-order valence-electron chi connectivity index (χ0n) is 12.5. The molecule has 0 aliphatic heterocycles. The zero-order chi connectivity index (χ0) is 14.9. The van der Waals surface area contributed by atoms with Crippen molar-refractivity contribution < 1.29 is 4.79 Å². The number of nitrogens with two attached hydrogens (primary N) is 1. The molecule has 1 aromatic carbocycles. The van der Waals surface area contributed by atoms with Crippen LogP contribution in [-0.2, 0) is 11.3 Å². The highest BCUT2D eigenvalue weighted by Gasteiger charge is 2.29. The van der Waals surface area contributed by atoms with Crippen molar-refractivity contribution in [3.63, 3.8) is 0 Å². The summed E-state index contributed by atoms with van der Waals surface area (Å²) in [6.07, 6.45) is 0. The first-order chi connectivity index (χ1) is 9.30. The Morgan fingerprint density at radius 1 is 1.35 bits per heavy atom. The molecule has 0 fully saturated rings. The molecular formula is C16H22N2OS. The number of amides is 1. The Labute approximate surface area is 124 Å². The Morgan fingerprint density at radius 2 is 2.00 bits per heavy atom. The second-order valence-corrected chi connectivity index (χ2v) is 7.21. The molecule has 108 valence electrons. The lowest BCUT2D eigenvalue weighted by atomic mass is 9.86. The smallest absolute Gasteiger partial charge is 0.240 e. The number of carbonyl (C=O) groups excluding carboxylic acids is 1. The van der Waals surface area contributed by atoms with Gasteiger partial charge in [0.1, 0.15) is 0 Å². The standard InChI is InChI=1S/C16H22N2OS/c1-16(2,3)14(17)15(19)18(4)9-11-10-20-13-8-6-5-7-12(11)13/h5-8,10,14H,9,17H2,1-4H3/t14-/m1/s1. The first-order valence-corrected chi connectivity index (χ1v) is 7.64. The molecule has 1 heterocycles. The molecule has 2 rings (SSSR count). The molecule has 0 spiro atoms. The maximum Gasteiger partial charge on any atom is 0.240 e. The third kappa shape index (κ3) is 3.02. The van der Waals surface area contributed by atoms with Crippen molar-refractivity contribution in [1.82, 2.24) is 4.90 Å². The average Bonchev–Trinajstić information content (AvgIpc) is 2.79. The van der Waals surface area contributed by atoms with E-state index in [0.29, 0.717) is 6.54 Å². The van der Waals surface area contributed by atoms with Crippen molar-refractivity contribution in [1.29, 1.82) is 0 Å². The summed E-state index contributed by atoms with van der Waals surface area (Å²) in [5, 5.41) is 3.35. The number of benzene rings is 1. The number of likely N-dealkylation sites (N-methyl/N-ethyl adjacent to an activating group) is 1. The maximum atomic E-state index is 12.4. The van der Waals surface area contributed by atoms with Crippen molar-refractivity contribution in [2.45, 2.75) is 33.4 Å². The molecule has 20 heavy (non-hydrogen) atoms. The predicted molar refractivity (Wildman–Crippen MR) is 85.7 cm³/mol. The van der Waals surface area contributed by atoms with Gasteiger partial charge in [-0.05, 0) is 27.8 Å². The molecule has 0 unspecified atom stereocenters. The molecule has 1 amide bonds. The fourth-order valence-electron chi connectivity index (χ4n) is 2.10. The van der Waals surface area contributed by atoms with Gasteiger partial charge in [0, 0.05) is 18.3 Å². The van der Waals surface area contributed by atoms with Crippen LogP contribution in [0.2, 0.25) is 0 Å². The molecule has 0 bridgehead atoms. The second kappa shape index (κ2) is 5.54. The number of hydrogen-bond donors (Lipinski definition) is 1. The predicted octanol–water partition coefficient (Wildman–Crippen LogP) is 3.23. The van der Waals surface area contributed by atoms with Crippen molar-refractivity contribution >= 4 is 27.3 Å². The van der Waals surface area contributed by atoms with Gasteiger partial charge in [0.2, 0.25) is 5.91 Å². The van der Waals surface area contributed by atoms with Gasteiger partial charge < -0.3 is 10.6 Å². The van der Waals surface area contributed by atoms with Gasteiger partial charge in [0.05, 0.1) is 6.04 Å². The first kappa shape index (κ1) is 15.0. The van der Waals surface area contributed by atoms with E-state index in [4.69, 9.17) is 5.73 Å². The summed E-state index contributed by atoms with van der Waals surface area (Å²) in [7, 11) is 1.82. The Hall–Kier alpha value is -1.39. The lowest BCUT2D eigenvalue weighted by molar-refractivity contribution is -0.134. The second-order valence-electron chi connectivity index (χ2n) is 6.30. The SMILES string of the molecule is CN(Cc1csc2ccccc12)C(=O)[C@@H](N)C(C)(C)C. The molecule has 0 saturated carbocycles. The number of rotatable bonds is 3. The van der Waals surface area contributed by atoms with E-state index in [1.165, 1.54) is 15.6 Å². The average molecular weight is 290 g/mol. The quantitative estimate of drug-likeness (QED) is 0.943. The van der Waals surface area contributed by atoms with Gasteiger partial charge in [0.25, 0.3) is 0 Å². The summed E-state index contributed by atoms with van der Waals surface area (Å²) in [5.41, 5.74) is 7.01. The number of carbonyl (C=O) groups is 1. The van der Waals surface area contributed by atoms with E-state index < -0.39 is 6.04 Å². The van der Waals surface area contributed by atoms with Gasteiger partial charge in [-0.1, -0.05) is 39.0 Å². The van der Waals surface area contributed by atoms with Crippen LogP contribution in [0.5, 0.6) is 0 Å². The fourth-order valence-corrected chi connectivity index (χ4v) is 3.05. The van der Waals surface area contributed by atoms with Crippen LogP contribution in [0, 0.1) is 5.41 Å². The highest BCUT2D eigenvalue weighted by Crippen LogP contribution is 2.27. The summed E-state index contributed by atoms with van der Waals surface area (Å²) in [6, 6.07) is 7.79. The summed E-state index contributed by atoms with van der Waals surface area (Å²) in [6.45, 7) is 6.57. The molecule has 1 aromatic heterocycles. The topological polar surface area (TPSA) is 46.3 Å². The Morgan fingerprint density at radius 3 is 2.65 bits per heavy atom. The molecule has 4 heteroatoms. The summed E-state index contributed by atoms with van der Waals surface area (Å²) in [4.78, 5) is 14.1. The van der Waals surface area contributed by atoms with E-state index >= 15 is 0 Å². The molecule has 0 saturated heterocycles. The normalized spacial score (nSPS) is 13.4. The molecule has 0 aliphatic carbocycles. The number of thiophene rings is 1. The minimum absolute atomic E-state index is 0.00668. The van der Waals surface area contributed by atoms with Gasteiger partial charge in [-0.25, -0.2) is 0 Å². The van der Waals surface area contributed by atoms with Crippen LogP contribution in [-0.4, -0.2) is 23.9 Å². The van der Waals surface area contributed by atoms with Gasteiger partial charge in [-0.15, -0.1) is 11.3 Å². The van der Waals surface area contributed by atoms with Crippen LogP contribution in [0.1, 0.15) is 26.3 Å². The van der Waals surface area contributed by atoms with Crippen LogP contribution in [0.3, 0.4) is 0 Å². The highest BCUT2D eigenvalue weighted by atomic mass is 32.1. The van der Waals surface area contributed by atoms with Gasteiger partial charge in [-0.3, -0.25) is 4.79 Å². The van der Waals surface area contributed by atoms with E-state index in [0.717, 1.165) is 0 Å². The molecule has 0 radical (unpaired) electrons. The van der Waals surface area contributed by atoms with Crippen molar-refractivity contribution in [3.8, 4) is 0 Å². The molecule has 3 nitrogen and oxygen atoms in total. The van der Waals surface area contributed by atoms with Crippen molar-refractivity contribution in [2.75, 3.05) is 7.05 Å². The van der Waals surface area contributed by atoms with E-state index in [1.54, 1.807) is 16.2 Å². The fraction of sp³-hybridized carbons (Fsp3) is 0.438. The van der Waals surface area contributed by atoms with E-state index in [2.05, 4.69) is 17.5 Å². The number of hydrogen-bond acceptors (Lipinski definition) is 3. The van der Waals surface area contributed by atoms with E-state index in [-0.39, 0.29) is 11.3 Å². The Balaban J connectivity index is 2.16. The Kier molecular flexibility index (Phi) is 4.16. The largest absolute Gasteiger partial charge is 0.340 e. The highest BCUT2D eigenvalue weighted by molar-refractivity contribution is 7.17. The minimum atomic E-state index is -0.475. The van der Waals surface area contributed by atoms with Crippen LogP contribution in [0.15, 0.2) is 29.6 Å². The minimum Gasteiger partial charge on any atom is -0.340 e. The first-order valence-electron chi connectivity index (χ1n) is 6.76. The van der Waals surface area contributed by atoms with Crippen LogP contribution in [0.4, 0.5) is 0 Å². The molecule has 2 aromatic rings. The van der Waals surface area contributed by atoms with Crippen molar-refractivity contribution in [2.24, 2.45) is 11.1 Å². The van der Waals surface area contributed by atoms with Crippen LogP contribution >= 0.6 is 11.3 Å². The third-order valence-electron chi connectivity index (χ3n) is 3.54. The number of fused-ring (bicyclic) bond motifs is 1. The maximum absolute atomic E-state index is 12.4. The van der Waals surface area contributed by atoms with Gasteiger partial charge in [-0.2, -0.15) is 0 Å². The summed E-state index contributed by atoms with van der Waals surface area (Å²) < 4.78 is 1.25. The van der Waals surface area contributed by atoms with Gasteiger partial charge in [0.15, 0.2) is 0 Å².